The normalized spacial score (nSPS) is 20.6. The standard InChI is InChI=1S/C17H23N5O/c1-21(8-5-13-3-6-18-7-4-13)17(23)16-11-19-10-15(16)14-9-20-22(2)12-14/h3-4,6-7,9,12,15-16,19H,5,8,10-11H2,1-2H3/t15-,16+/m1/s1. The van der Waals surface area contributed by atoms with Crippen molar-refractivity contribution in [3.8, 4) is 0 Å². The van der Waals surface area contributed by atoms with Gasteiger partial charge in [-0.05, 0) is 29.7 Å². The summed E-state index contributed by atoms with van der Waals surface area (Å²) in [6.07, 6.45) is 8.30. The third kappa shape index (κ3) is 3.59. The predicted octanol–water partition coefficient (Wildman–Crippen LogP) is 0.819. The minimum Gasteiger partial charge on any atom is -0.345 e. The van der Waals surface area contributed by atoms with Crippen molar-refractivity contribution in [2.45, 2.75) is 12.3 Å². The summed E-state index contributed by atoms with van der Waals surface area (Å²) in [5.74, 6) is 0.402. The Hall–Kier alpha value is -2.21. The molecule has 1 fully saturated rings. The van der Waals surface area contributed by atoms with Gasteiger partial charge in [-0.1, -0.05) is 0 Å². The van der Waals surface area contributed by atoms with Crippen LogP contribution in [-0.2, 0) is 18.3 Å². The number of amides is 1. The summed E-state index contributed by atoms with van der Waals surface area (Å²) in [7, 11) is 3.80. The molecule has 0 spiro atoms. The third-order valence-corrected chi connectivity index (χ3v) is 4.55. The number of carbonyl (C=O) groups excluding carboxylic acids is 1. The molecule has 3 rings (SSSR count). The molecular weight excluding hydrogens is 290 g/mol. The first-order valence-electron chi connectivity index (χ1n) is 7.98. The largest absolute Gasteiger partial charge is 0.345 e. The van der Waals surface area contributed by atoms with Gasteiger partial charge in [-0.25, -0.2) is 0 Å². The molecule has 2 atom stereocenters. The van der Waals surface area contributed by atoms with Crippen LogP contribution >= 0.6 is 0 Å². The van der Waals surface area contributed by atoms with Crippen LogP contribution in [0.2, 0.25) is 0 Å². The van der Waals surface area contributed by atoms with Crippen molar-refractivity contribution >= 4 is 5.91 Å². The Balaban J connectivity index is 1.62. The number of nitrogens with zero attached hydrogens (tertiary/aromatic N) is 4. The van der Waals surface area contributed by atoms with Gasteiger partial charge in [-0.3, -0.25) is 14.5 Å². The monoisotopic (exact) mass is 313 g/mol. The number of hydrogen-bond acceptors (Lipinski definition) is 4. The van der Waals surface area contributed by atoms with Crippen LogP contribution in [0.3, 0.4) is 0 Å². The van der Waals surface area contributed by atoms with Crippen LogP contribution in [0.15, 0.2) is 36.9 Å². The summed E-state index contributed by atoms with van der Waals surface area (Å²) in [5, 5.41) is 7.58. The number of nitrogens with one attached hydrogen (secondary N) is 1. The number of pyridine rings is 1. The molecule has 122 valence electrons. The Labute approximate surface area is 136 Å². The second-order valence-electron chi connectivity index (χ2n) is 6.18. The van der Waals surface area contributed by atoms with Crippen LogP contribution in [0.5, 0.6) is 0 Å². The number of aryl methyl sites for hydroxylation is 1. The summed E-state index contributed by atoms with van der Waals surface area (Å²) < 4.78 is 1.79. The van der Waals surface area contributed by atoms with E-state index in [-0.39, 0.29) is 17.7 Å². The van der Waals surface area contributed by atoms with E-state index in [4.69, 9.17) is 0 Å². The van der Waals surface area contributed by atoms with Crippen molar-refractivity contribution in [2.24, 2.45) is 13.0 Å². The number of carbonyl (C=O) groups is 1. The summed E-state index contributed by atoms with van der Waals surface area (Å²) in [5.41, 5.74) is 2.34. The molecule has 0 unspecified atom stereocenters. The van der Waals surface area contributed by atoms with Crippen molar-refractivity contribution in [1.82, 2.24) is 25.0 Å². The summed E-state index contributed by atoms with van der Waals surface area (Å²) in [6, 6.07) is 3.99. The van der Waals surface area contributed by atoms with Crippen molar-refractivity contribution in [1.29, 1.82) is 0 Å². The zero-order valence-electron chi connectivity index (χ0n) is 13.6. The van der Waals surface area contributed by atoms with E-state index < -0.39 is 0 Å². The number of rotatable bonds is 5. The van der Waals surface area contributed by atoms with Gasteiger partial charge >= 0.3 is 0 Å². The highest BCUT2D eigenvalue weighted by atomic mass is 16.2. The number of aromatic nitrogens is 3. The Bertz CT molecular complexity index is 654. The van der Waals surface area contributed by atoms with Crippen molar-refractivity contribution in [3.05, 3.63) is 48.0 Å². The van der Waals surface area contributed by atoms with Gasteiger partial charge in [0.1, 0.15) is 0 Å². The average molecular weight is 313 g/mol. The molecule has 2 aromatic rings. The summed E-state index contributed by atoms with van der Waals surface area (Å²) >= 11 is 0. The Morgan fingerprint density at radius 2 is 2.17 bits per heavy atom. The van der Waals surface area contributed by atoms with E-state index in [2.05, 4.69) is 15.4 Å². The van der Waals surface area contributed by atoms with Crippen LogP contribution in [0.4, 0.5) is 0 Å². The maximum absolute atomic E-state index is 12.8. The topological polar surface area (TPSA) is 63.1 Å². The Morgan fingerprint density at radius 3 is 2.87 bits per heavy atom. The predicted molar refractivity (Wildman–Crippen MR) is 87.9 cm³/mol. The molecule has 1 aliphatic heterocycles. The Kier molecular flexibility index (Phi) is 4.71. The van der Waals surface area contributed by atoms with Gasteiger partial charge in [-0.15, -0.1) is 0 Å². The molecule has 6 heteroatoms. The van der Waals surface area contributed by atoms with Crippen LogP contribution in [0.1, 0.15) is 17.0 Å². The minimum atomic E-state index is -0.0124. The molecule has 0 bridgehead atoms. The van der Waals surface area contributed by atoms with Gasteiger partial charge in [-0.2, -0.15) is 5.10 Å². The van der Waals surface area contributed by atoms with E-state index in [1.165, 1.54) is 5.56 Å². The van der Waals surface area contributed by atoms with Crippen LogP contribution < -0.4 is 5.32 Å². The van der Waals surface area contributed by atoms with Crippen LogP contribution in [0, 0.1) is 5.92 Å². The first-order chi connectivity index (χ1) is 11.1. The quantitative estimate of drug-likeness (QED) is 0.888. The van der Waals surface area contributed by atoms with E-state index in [1.807, 2.05) is 43.5 Å². The molecule has 1 N–H and O–H groups in total. The lowest BCUT2D eigenvalue weighted by molar-refractivity contribution is -0.134. The van der Waals surface area contributed by atoms with Gasteiger partial charge in [0, 0.05) is 58.2 Å². The first-order valence-corrected chi connectivity index (χ1v) is 7.98. The van der Waals surface area contributed by atoms with Gasteiger partial charge in [0.05, 0.1) is 12.1 Å². The smallest absolute Gasteiger partial charge is 0.227 e. The Morgan fingerprint density at radius 1 is 1.39 bits per heavy atom. The molecule has 3 heterocycles. The average Bonchev–Trinajstić information content (AvgIpc) is 3.21. The SMILES string of the molecule is CN(CCc1ccncc1)C(=O)[C@H]1CNC[C@@H]1c1cnn(C)c1. The van der Waals surface area contributed by atoms with Crippen molar-refractivity contribution in [3.63, 3.8) is 0 Å². The van der Waals surface area contributed by atoms with Crippen molar-refractivity contribution in [2.75, 3.05) is 26.7 Å². The maximum atomic E-state index is 12.8. The molecule has 6 nitrogen and oxygen atoms in total. The molecule has 0 aliphatic carbocycles. The lowest BCUT2D eigenvalue weighted by Crippen LogP contribution is -2.37. The lowest BCUT2D eigenvalue weighted by atomic mass is 9.90. The molecular formula is C17H23N5O. The molecule has 1 amide bonds. The highest BCUT2D eigenvalue weighted by Crippen LogP contribution is 2.29. The molecule has 1 aliphatic rings. The van der Waals surface area contributed by atoms with E-state index in [9.17, 15) is 4.79 Å². The van der Waals surface area contributed by atoms with E-state index in [1.54, 1.807) is 17.1 Å². The summed E-state index contributed by atoms with van der Waals surface area (Å²) in [6.45, 7) is 2.29. The molecule has 2 aromatic heterocycles. The molecule has 23 heavy (non-hydrogen) atoms. The van der Waals surface area contributed by atoms with Crippen LogP contribution in [0.25, 0.3) is 0 Å². The fraction of sp³-hybridized carbons (Fsp3) is 0.471. The highest BCUT2D eigenvalue weighted by Gasteiger charge is 2.36. The molecule has 1 saturated heterocycles. The van der Waals surface area contributed by atoms with Gasteiger partial charge in [0.25, 0.3) is 0 Å². The van der Waals surface area contributed by atoms with E-state index in [0.29, 0.717) is 0 Å². The van der Waals surface area contributed by atoms with E-state index >= 15 is 0 Å². The number of hydrogen-bond donors (Lipinski definition) is 1. The maximum Gasteiger partial charge on any atom is 0.227 e. The second kappa shape index (κ2) is 6.91. The molecule has 0 saturated carbocycles. The third-order valence-electron chi connectivity index (χ3n) is 4.55. The zero-order valence-corrected chi connectivity index (χ0v) is 13.6. The zero-order chi connectivity index (χ0) is 16.2. The highest BCUT2D eigenvalue weighted by molar-refractivity contribution is 5.80. The van der Waals surface area contributed by atoms with Crippen molar-refractivity contribution < 1.29 is 4.79 Å². The fourth-order valence-corrected chi connectivity index (χ4v) is 3.16. The molecule has 0 radical (unpaired) electrons. The van der Waals surface area contributed by atoms with Gasteiger partial charge in [0.15, 0.2) is 0 Å². The molecule has 0 aromatic carbocycles. The number of likely N-dealkylation sites (N-methyl/N-ethyl adjacent to an activating group) is 1. The fourth-order valence-electron chi connectivity index (χ4n) is 3.16. The van der Waals surface area contributed by atoms with Gasteiger partial charge < -0.3 is 10.2 Å². The minimum absolute atomic E-state index is 0.0124. The lowest BCUT2D eigenvalue weighted by Gasteiger charge is -2.24. The second-order valence-corrected chi connectivity index (χ2v) is 6.18. The summed E-state index contributed by atoms with van der Waals surface area (Å²) in [4.78, 5) is 18.7. The first kappa shape index (κ1) is 15.7. The van der Waals surface area contributed by atoms with Crippen LogP contribution in [-0.4, -0.2) is 52.3 Å². The van der Waals surface area contributed by atoms with E-state index in [0.717, 1.165) is 31.6 Å². The van der Waals surface area contributed by atoms with Gasteiger partial charge in [0.2, 0.25) is 5.91 Å².